The molecular weight excluding hydrogens is 447 g/mol. The van der Waals surface area contributed by atoms with Crippen LogP contribution in [0.4, 0.5) is 21.5 Å². The van der Waals surface area contributed by atoms with Crippen LogP contribution in [0.1, 0.15) is 29.8 Å². The highest BCUT2D eigenvalue weighted by molar-refractivity contribution is 6.23. The Balaban J connectivity index is 1.71. The second kappa shape index (κ2) is 8.54. The summed E-state index contributed by atoms with van der Waals surface area (Å²) in [6.45, 7) is 4.66. The van der Waals surface area contributed by atoms with E-state index in [2.05, 4.69) is 5.32 Å². The van der Waals surface area contributed by atoms with Crippen molar-refractivity contribution in [2.24, 2.45) is 0 Å². The summed E-state index contributed by atoms with van der Waals surface area (Å²) >= 11 is 0. The number of hydrogen-bond donors (Lipinski definition) is 1. The summed E-state index contributed by atoms with van der Waals surface area (Å²) in [4.78, 5) is 45.7. The van der Waals surface area contributed by atoms with Crippen LogP contribution in [-0.2, 0) is 15.3 Å². The van der Waals surface area contributed by atoms with E-state index in [-0.39, 0.29) is 12.5 Å². The van der Waals surface area contributed by atoms with Crippen molar-refractivity contribution >= 4 is 34.8 Å². The van der Waals surface area contributed by atoms with Crippen LogP contribution < -0.4 is 15.1 Å². The number of carbonyl (C=O) groups is 3. The van der Waals surface area contributed by atoms with Crippen LogP contribution >= 0.6 is 0 Å². The van der Waals surface area contributed by atoms with Crippen molar-refractivity contribution in [3.63, 3.8) is 0 Å². The number of rotatable bonds is 5. The predicted molar refractivity (Wildman–Crippen MR) is 132 cm³/mol. The van der Waals surface area contributed by atoms with Gasteiger partial charge in [0.1, 0.15) is 12.4 Å². The topological polar surface area (TPSA) is 73.0 Å². The van der Waals surface area contributed by atoms with Crippen LogP contribution in [0.2, 0.25) is 0 Å². The Kier molecular flexibility index (Phi) is 5.51. The molecule has 8 heteroatoms. The molecule has 2 aliphatic heterocycles. The van der Waals surface area contributed by atoms with E-state index in [1.54, 1.807) is 53.4 Å². The molecule has 0 radical (unpaired) electrons. The summed E-state index contributed by atoms with van der Waals surface area (Å²) in [5, 5.41) is 3.33. The van der Waals surface area contributed by atoms with Crippen molar-refractivity contribution < 1.29 is 18.8 Å². The first kappa shape index (κ1) is 22.6. The Morgan fingerprint density at radius 3 is 2.31 bits per heavy atom. The molecule has 5 rings (SSSR count). The van der Waals surface area contributed by atoms with Gasteiger partial charge in [-0.1, -0.05) is 30.3 Å². The molecule has 1 atom stereocenters. The summed E-state index contributed by atoms with van der Waals surface area (Å²) in [5.74, 6) is -1.49. The van der Waals surface area contributed by atoms with E-state index in [9.17, 15) is 18.8 Å². The number of amides is 3. The number of likely N-dealkylation sites (N-methyl/N-ethyl adjacent to an activating group) is 1. The third-order valence-corrected chi connectivity index (χ3v) is 6.65. The first-order valence-corrected chi connectivity index (χ1v) is 11.6. The monoisotopic (exact) mass is 472 g/mol. The zero-order valence-electron chi connectivity index (χ0n) is 19.5. The van der Waals surface area contributed by atoms with Crippen molar-refractivity contribution in [3.05, 3.63) is 89.7 Å². The number of nitrogens with zero attached hydrogens (tertiary/aromatic N) is 3. The number of hydrogen-bond acceptors (Lipinski definition) is 4. The van der Waals surface area contributed by atoms with E-state index in [4.69, 9.17) is 0 Å². The lowest BCUT2D eigenvalue weighted by Crippen LogP contribution is -2.63. The Bertz CT molecular complexity index is 1320. The second-order valence-corrected chi connectivity index (χ2v) is 8.47. The fourth-order valence-corrected chi connectivity index (χ4v) is 4.94. The Morgan fingerprint density at radius 2 is 1.60 bits per heavy atom. The van der Waals surface area contributed by atoms with Gasteiger partial charge in [0.05, 0.1) is 11.3 Å². The van der Waals surface area contributed by atoms with Gasteiger partial charge in [-0.25, -0.2) is 4.39 Å². The minimum Gasteiger partial charge on any atom is -0.350 e. The molecule has 3 aromatic rings. The summed E-state index contributed by atoms with van der Waals surface area (Å²) in [7, 11) is 0. The molecule has 0 bridgehead atoms. The lowest BCUT2D eigenvalue weighted by molar-refractivity contribution is -0.131. The molecule has 1 spiro atoms. The maximum Gasteiger partial charge on any atom is 0.279 e. The molecule has 178 valence electrons. The smallest absolute Gasteiger partial charge is 0.279 e. The molecule has 0 saturated heterocycles. The Morgan fingerprint density at radius 1 is 0.943 bits per heavy atom. The number of anilines is 3. The molecule has 2 aliphatic rings. The van der Waals surface area contributed by atoms with Gasteiger partial charge in [-0.2, -0.15) is 0 Å². The molecule has 0 aliphatic carbocycles. The number of para-hydroxylation sites is 2. The van der Waals surface area contributed by atoms with Gasteiger partial charge in [0.2, 0.25) is 11.6 Å². The minimum absolute atomic E-state index is 0.159. The zero-order valence-corrected chi connectivity index (χ0v) is 19.5. The van der Waals surface area contributed by atoms with E-state index in [1.807, 2.05) is 13.8 Å². The normalized spacial score (nSPS) is 18.4. The van der Waals surface area contributed by atoms with Crippen molar-refractivity contribution in [3.8, 4) is 0 Å². The summed E-state index contributed by atoms with van der Waals surface area (Å²) in [6.07, 6.45) is 0. The van der Waals surface area contributed by atoms with Gasteiger partial charge in [0.15, 0.2) is 0 Å². The molecule has 0 saturated carbocycles. The largest absolute Gasteiger partial charge is 0.350 e. The van der Waals surface area contributed by atoms with Crippen molar-refractivity contribution in [1.82, 2.24) is 4.90 Å². The van der Waals surface area contributed by atoms with E-state index in [0.717, 1.165) is 0 Å². The van der Waals surface area contributed by atoms with Gasteiger partial charge in [-0.3, -0.25) is 24.2 Å². The van der Waals surface area contributed by atoms with E-state index >= 15 is 0 Å². The van der Waals surface area contributed by atoms with Gasteiger partial charge in [0.25, 0.3) is 11.8 Å². The SMILES string of the molecule is CCN(CC)C(=O)CN1C(=O)[C@]2(Nc3ccccc3C(=O)N2c2ccc(F)cc2)c2ccccc21. The minimum atomic E-state index is -1.64. The maximum atomic E-state index is 14.3. The lowest BCUT2D eigenvalue weighted by atomic mass is 9.92. The highest BCUT2D eigenvalue weighted by Crippen LogP contribution is 2.49. The van der Waals surface area contributed by atoms with Gasteiger partial charge in [0, 0.05) is 30.0 Å². The van der Waals surface area contributed by atoms with E-state index in [0.29, 0.717) is 41.3 Å². The molecule has 0 fully saturated rings. The number of nitrogens with one attached hydrogen (secondary N) is 1. The van der Waals surface area contributed by atoms with Crippen molar-refractivity contribution in [2.75, 3.05) is 34.8 Å². The molecule has 0 unspecified atom stereocenters. The van der Waals surface area contributed by atoms with Crippen LogP contribution in [0.3, 0.4) is 0 Å². The van der Waals surface area contributed by atoms with Crippen molar-refractivity contribution in [2.45, 2.75) is 19.5 Å². The van der Waals surface area contributed by atoms with Gasteiger partial charge < -0.3 is 10.2 Å². The van der Waals surface area contributed by atoms with Crippen LogP contribution in [0.25, 0.3) is 0 Å². The van der Waals surface area contributed by atoms with Crippen LogP contribution in [0, 0.1) is 5.82 Å². The number of fused-ring (bicyclic) bond motifs is 3. The molecule has 7 nitrogen and oxygen atoms in total. The fourth-order valence-electron chi connectivity index (χ4n) is 4.94. The first-order valence-electron chi connectivity index (χ1n) is 11.6. The van der Waals surface area contributed by atoms with Gasteiger partial charge in [-0.05, 0) is 56.3 Å². The van der Waals surface area contributed by atoms with Crippen LogP contribution in [-0.4, -0.2) is 42.3 Å². The van der Waals surface area contributed by atoms with Crippen LogP contribution in [0.5, 0.6) is 0 Å². The highest BCUT2D eigenvalue weighted by atomic mass is 19.1. The van der Waals surface area contributed by atoms with E-state index < -0.39 is 23.3 Å². The molecule has 2 heterocycles. The lowest BCUT2D eigenvalue weighted by Gasteiger charge is -2.45. The molecule has 3 amide bonds. The molecule has 1 N–H and O–H groups in total. The maximum absolute atomic E-state index is 14.3. The summed E-state index contributed by atoms with van der Waals surface area (Å²) in [6, 6.07) is 19.6. The summed E-state index contributed by atoms with van der Waals surface area (Å²) < 4.78 is 13.8. The zero-order chi connectivity index (χ0) is 24.7. The predicted octanol–water partition coefficient (Wildman–Crippen LogP) is 3.97. The standard InChI is InChI=1S/C27H25FN4O3/c1-3-30(4-2)24(33)17-31-23-12-8-6-10-21(23)27(26(31)35)29-22-11-7-5-9-20(22)25(34)32(27)19-15-13-18(28)14-16-19/h5-16,29H,3-4,17H2,1-2H3/t27-/m0/s1. The molecule has 3 aromatic carbocycles. The quantitative estimate of drug-likeness (QED) is 0.610. The Labute approximate surface area is 202 Å². The number of benzene rings is 3. The van der Waals surface area contributed by atoms with Crippen molar-refractivity contribution in [1.29, 1.82) is 0 Å². The highest BCUT2D eigenvalue weighted by Gasteiger charge is 2.60. The van der Waals surface area contributed by atoms with Gasteiger partial charge in [-0.15, -0.1) is 0 Å². The fraction of sp³-hybridized carbons (Fsp3) is 0.222. The molecule has 0 aromatic heterocycles. The van der Waals surface area contributed by atoms with Gasteiger partial charge >= 0.3 is 0 Å². The second-order valence-electron chi connectivity index (χ2n) is 8.47. The first-order chi connectivity index (χ1) is 16.9. The molecule has 35 heavy (non-hydrogen) atoms. The Hall–Kier alpha value is -4.20. The molecular formula is C27H25FN4O3. The average molecular weight is 473 g/mol. The third-order valence-electron chi connectivity index (χ3n) is 6.65. The summed E-state index contributed by atoms with van der Waals surface area (Å²) in [5.41, 5.74) is 0.720. The third kappa shape index (κ3) is 3.36. The van der Waals surface area contributed by atoms with E-state index in [1.165, 1.54) is 34.1 Å². The van der Waals surface area contributed by atoms with Crippen LogP contribution in [0.15, 0.2) is 72.8 Å². The number of halogens is 1. The average Bonchev–Trinajstić information content (AvgIpc) is 3.09. The number of carbonyl (C=O) groups excluding carboxylic acids is 3.